The molecule has 7 nitrogen and oxygen atoms in total. The lowest BCUT2D eigenvalue weighted by Gasteiger charge is -2.45. The number of amides is 1. The van der Waals surface area contributed by atoms with Gasteiger partial charge in [-0.05, 0) is 37.2 Å². The third-order valence-corrected chi connectivity index (χ3v) is 7.23. The van der Waals surface area contributed by atoms with E-state index >= 15 is 0 Å². The molecule has 2 aliphatic heterocycles. The number of nitrogens with two attached hydrogens (primary N) is 1. The van der Waals surface area contributed by atoms with Gasteiger partial charge in [-0.1, -0.05) is 11.8 Å². The zero-order chi connectivity index (χ0) is 25.2. The van der Waals surface area contributed by atoms with E-state index in [4.69, 9.17) is 19.9 Å². The lowest BCUT2D eigenvalue weighted by molar-refractivity contribution is -0.142. The van der Waals surface area contributed by atoms with Crippen LogP contribution >= 0.6 is 11.8 Å². The van der Waals surface area contributed by atoms with Crippen LogP contribution in [0.15, 0.2) is 35.4 Å². The van der Waals surface area contributed by atoms with Gasteiger partial charge >= 0.3 is 0 Å². The molecule has 4 rings (SSSR count). The normalized spacial score (nSPS) is 21.1. The lowest BCUT2D eigenvalue weighted by atomic mass is 9.86. The average molecular weight is 514 g/mol. The largest absolute Gasteiger partial charge is 0.490 e. The number of hydrazone groups is 1. The fourth-order valence-corrected chi connectivity index (χ4v) is 5.67. The van der Waals surface area contributed by atoms with Crippen LogP contribution in [0, 0.1) is 29.2 Å². The van der Waals surface area contributed by atoms with E-state index in [2.05, 4.69) is 5.10 Å². The molecule has 0 saturated heterocycles. The predicted octanol–water partition coefficient (Wildman–Crippen LogP) is 3.35. The third kappa shape index (κ3) is 4.75. The van der Waals surface area contributed by atoms with Gasteiger partial charge in [0.2, 0.25) is 0 Å². The second-order valence-corrected chi connectivity index (χ2v) is 9.14. The zero-order valence-corrected chi connectivity index (χ0v) is 19.5. The fraction of sp³-hybridized carbons (Fsp3) is 0.391. The molecule has 2 atom stereocenters. The molecule has 12 heteroatoms. The van der Waals surface area contributed by atoms with Crippen LogP contribution in [0.4, 0.5) is 17.6 Å². The molecule has 0 saturated carbocycles. The fourth-order valence-electron chi connectivity index (χ4n) is 4.15. The summed E-state index contributed by atoms with van der Waals surface area (Å²) in [4.78, 5) is 11.8. The summed E-state index contributed by atoms with van der Waals surface area (Å²) in [5.74, 6) is -4.83. The van der Waals surface area contributed by atoms with Crippen molar-refractivity contribution in [2.45, 2.75) is 11.3 Å². The van der Waals surface area contributed by atoms with E-state index in [1.165, 1.54) is 7.11 Å². The number of hydrogen-bond acceptors (Lipinski definition) is 7. The van der Waals surface area contributed by atoms with E-state index < -0.39 is 46.6 Å². The molecule has 0 aliphatic carbocycles. The van der Waals surface area contributed by atoms with Gasteiger partial charge in [0.05, 0.1) is 19.8 Å². The van der Waals surface area contributed by atoms with E-state index in [-0.39, 0.29) is 54.7 Å². The molecule has 188 valence electrons. The van der Waals surface area contributed by atoms with Crippen molar-refractivity contribution in [3.8, 4) is 5.75 Å². The summed E-state index contributed by atoms with van der Waals surface area (Å²) in [6, 6.07) is 4.56. The molecule has 0 aromatic heterocycles. The number of hydrogen-bond donors (Lipinski definition) is 1. The van der Waals surface area contributed by atoms with Crippen molar-refractivity contribution in [2.24, 2.45) is 16.8 Å². The van der Waals surface area contributed by atoms with Crippen molar-refractivity contribution in [3.05, 3.63) is 64.7 Å². The Morgan fingerprint density at radius 2 is 2.00 bits per heavy atom. The molecule has 0 unspecified atom stereocenters. The lowest BCUT2D eigenvalue weighted by Crippen LogP contribution is -2.52. The number of ether oxygens (including phenoxy) is 3. The maximum atomic E-state index is 14.7. The summed E-state index contributed by atoms with van der Waals surface area (Å²) in [5.41, 5.74) is 5.62. The Hall–Kier alpha value is -2.67. The molecule has 1 amide bonds. The van der Waals surface area contributed by atoms with Crippen molar-refractivity contribution in [3.63, 3.8) is 0 Å². The predicted molar refractivity (Wildman–Crippen MR) is 121 cm³/mol. The number of benzene rings is 2. The highest BCUT2D eigenvalue weighted by Gasteiger charge is 2.57. The van der Waals surface area contributed by atoms with Gasteiger partial charge in [-0.2, -0.15) is 5.10 Å². The highest BCUT2D eigenvalue weighted by molar-refractivity contribution is 8.15. The second-order valence-electron chi connectivity index (χ2n) is 7.93. The molecule has 2 aliphatic rings. The quantitative estimate of drug-likeness (QED) is 0.431. The summed E-state index contributed by atoms with van der Waals surface area (Å²) in [7, 11) is 1.47. The van der Waals surface area contributed by atoms with Crippen molar-refractivity contribution in [2.75, 3.05) is 40.1 Å². The van der Waals surface area contributed by atoms with E-state index in [0.29, 0.717) is 6.07 Å². The highest BCUT2D eigenvalue weighted by atomic mass is 32.2. The van der Waals surface area contributed by atoms with E-state index in [9.17, 15) is 22.4 Å². The van der Waals surface area contributed by atoms with Crippen LogP contribution < -0.4 is 10.5 Å². The first-order valence-electron chi connectivity index (χ1n) is 10.8. The number of fused-ring (bicyclic) bond motifs is 2. The van der Waals surface area contributed by atoms with Crippen LogP contribution in [0.5, 0.6) is 5.75 Å². The molecule has 2 aromatic carbocycles. The molecule has 1 spiro atoms. The standard InChI is InChI=1S/C23H23F4N3O4S/c1-32-6-7-33-12-20(31)30-23(35-22(29-30)16-8-14(24)2-3-18(16)26)13(4-5-28)11-34-21-17(23)9-15(25)10-19(21)27/h2-3,8-10,13H,4-7,11-12,28H2,1H3/t13-,23+/m0/s1. The second kappa shape index (κ2) is 10.5. The minimum absolute atomic E-state index is 0.00510. The van der Waals surface area contributed by atoms with Gasteiger partial charge in [0.1, 0.15) is 29.1 Å². The van der Waals surface area contributed by atoms with Crippen LogP contribution in [0.2, 0.25) is 0 Å². The third-order valence-electron chi connectivity index (χ3n) is 5.70. The molecular weight excluding hydrogens is 490 g/mol. The summed E-state index contributed by atoms with van der Waals surface area (Å²) in [5, 5.41) is 5.33. The molecule has 35 heavy (non-hydrogen) atoms. The van der Waals surface area contributed by atoms with E-state index in [0.717, 1.165) is 41.0 Å². The number of carbonyl (C=O) groups is 1. The minimum atomic E-state index is -1.54. The Morgan fingerprint density at radius 3 is 2.74 bits per heavy atom. The van der Waals surface area contributed by atoms with Gasteiger partial charge in [-0.15, -0.1) is 0 Å². The Kier molecular flexibility index (Phi) is 7.64. The smallest absolute Gasteiger partial charge is 0.270 e. The van der Waals surface area contributed by atoms with Crippen LogP contribution in [-0.2, 0) is 19.1 Å². The Bertz CT molecular complexity index is 1150. The van der Waals surface area contributed by atoms with E-state index in [1.807, 2.05) is 0 Å². The van der Waals surface area contributed by atoms with Crippen molar-refractivity contribution in [1.29, 1.82) is 0 Å². The molecule has 2 aromatic rings. The molecule has 2 heterocycles. The average Bonchev–Trinajstić information content (AvgIpc) is 3.21. The first-order chi connectivity index (χ1) is 16.8. The number of halogens is 4. The zero-order valence-electron chi connectivity index (χ0n) is 18.7. The van der Waals surface area contributed by atoms with Gasteiger partial charge < -0.3 is 19.9 Å². The first-order valence-corrected chi connectivity index (χ1v) is 11.6. The monoisotopic (exact) mass is 513 g/mol. The van der Waals surface area contributed by atoms with Crippen LogP contribution in [0.1, 0.15) is 17.5 Å². The summed E-state index contributed by atoms with van der Waals surface area (Å²) in [6.45, 7) is 0.0129. The molecule has 0 radical (unpaired) electrons. The SMILES string of the molecule is COCCOCC(=O)N1N=C(c2cc(F)ccc2F)S[C@]12c1cc(F)cc(F)c1OC[C@@H]2CCN. The Balaban J connectivity index is 1.86. The minimum Gasteiger partial charge on any atom is -0.490 e. The Morgan fingerprint density at radius 1 is 1.20 bits per heavy atom. The van der Waals surface area contributed by atoms with Crippen LogP contribution in [-0.4, -0.2) is 56.0 Å². The van der Waals surface area contributed by atoms with Gasteiger partial charge in [0.25, 0.3) is 5.91 Å². The molecular formula is C23H23F4N3O4S. The van der Waals surface area contributed by atoms with Crippen molar-refractivity contribution < 1.29 is 36.6 Å². The molecule has 2 N–H and O–H groups in total. The van der Waals surface area contributed by atoms with E-state index in [1.54, 1.807) is 0 Å². The summed E-state index contributed by atoms with van der Waals surface area (Å²) < 4.78 is 73.7. The van der Waals surface area contributed by atoms with Gasteiger partial charge in [-0.3, -0.25) is 4.79 Å². The van der Waals surface area contributed by atoms with Crippen LogP contribution in [0.3, 0.4) is 0 Å². The maximum Gasteiger partial charge on any atom is 0.270 e. The topological polar surface area (TPSA) is 86.4 Å². The molecule has 0 fully saturated rings. The number of rotatable bonds is 8. The van der Waals surface area contributed by atoms with Crippen LogP contribution in [0.25, 0.3) is 0 Å². The maximum absolute atomic E-state index is 14.7. The van der Waals surface area contributed by atoms with Gasteiger partial charge in [0.15, 0.2) is 16.4 Å². The summed E-state index contributed by atoms with van der Waals surface area (Å²) >= 11 is 0.897. The number of methoxy groups -OCH3 is 1. The molecule has 0 bridgehead atoms. The number of carbonyl (C=O) groups excluding carboxylic acids is 1. The number of nitrogens with zero attached hydrogens (tertiary/aromatic N) is 2. The number of thioether (sulfide) groups is 1. The van der Waals surface area contributed by atoms with Gasteiger partial charge in [0, 0.05) is 30.2 Å². The highest BCUT2D eigenvalue weighted by Crippen LogP contribution is 2.58. The van der Waals surface area contributed by atoms with Gasteiger partial charge in [-0.25, -0.2) is 22.6 Å². The van der Waals surface area contributed by atoms with Crippen molar-refractivity contribution in [1.82, 2.24) is 5.01 Å². The summed E-state index contributed by atoms with van der Waals surface area (Å²) in [6.07, 6.45) is 0.285. The first kappa shape index (κ1) is 25.4. The Labute approximate surface area is 203 Å². The van der Waals surface area contributed by atoms with Crippen molar-refractivity contribution >= 4 is 22.7 Å².